The molecule has 1 N–H and O–H groups in total. The smallest absolute Gasteiger partial charge is 0.377 e. The number of benzene rings is 1. The third-order valence-corrected chi connectivity index (χ3v) is 3.04. The van der Waals surface area contributed by atoms with Crippen LogP contribution in [0.3, 0.4) is 0 Å². The molecular formula is C13H14O4. The van der Waals surface area contributed by atoms with E-state index in [-0.39, 0.29) is 5.56 Å². The van der Waals surface area contributed by atoms with E-state index in [1.807, 2.05) is 6.07 Å². The quantitative estimate of drug-likeness (QED) is 0.640. The number of carboxylic acids is 1. The summed E-state index contributed by atoms with van der Waals surface area (Å²) >= 11 is 0. The van der Waals surface area contributed by atoms with Crippen LogP contribution in [0.1, 0.15) is 34.7 Å². The maximum absolute atomic E-state index is 11.4. The number of hydrogen-bond donors (Lipinski definition) is 1. The molecule has 1 heterocycles. The van der Waals surface area contributed by atoms with Crippen LogP contribution in [-0.4, -0.2) is 30.1 Å². The van der Waals surface area contributed by atoms with Crippen molar-refractivity contribution in [3.05, 3.63) is 35.4 Å². The molecule has 2 rings (SSSR count). The van der Waals surface area contributed by atoms with Gasteiger partial charge in [-0.05, 0) is 30.4 Å². The van der Waals surface area contributed by atoms with E-state index in [4.69, 9.17) is 9.84 Å². The number of rotatable bonds is 3. The van der Waals surface area contributed by atoms with Gasteiger partial charge >= 0.3 is 5.97 Å². The number of hydrogen-bond acceptors (Lipinski definition) is 3. The maximum atomic E-state index is 11.4. The van der Waals surface area contributed by atoms with E-state index in [0.717, 1.165) is 31.6 Å². The maximum Gasteiger partial charge on any atom is 0.377 e. The lowest BCUT2D eigenvalue weighted by Gasteiger charge is -2.22. The van der Waals surface area contributed by atoms with Crippen molar-refractivity contribution in [2.24, 2.45) is 0 Å². The second-order valence-electron chi connectivity index (χ2n) is 4.15. The summed E-state index contributed by atoms with van der Waals surface area (Å²) in [4.78, 5) is 22.0. The summed E-state index contributed by atoms with van der Waals surface area (Å²) in [5.74, 6) is -1.89. The van der Waals surface area contributed by atoms with E-state index < -0.39 is 11.8 Å². The molecule has 1 saturated heterocycles. The fourth-order valence-electron chi connectivity index (χ4n) is 2.09. The van der Waals surface area contributed by atoms with Gasteiger partial charge in [0.05, 0.1) is 0 Å². The lowest BCUT2D eigenvalue weighted by atomic mass is 9.90. The molecule has 0 atom stereocenters. The van der Waals surface area contributed by atoms with E-state index in [0.29, 0.717) is 5.92 Å². The topological polar surface area (TPSA) is 63.6 Å². The Bertz CT molecular complexity index is 433. The summed E-state index contributed by atoms with van der Waals surface area (Å²) in [6.07, 6.45) is 1.84. The number of aliphatic carboxylic acids is 1. The first-order valence-corrected chi connectivity index (χ1v) is 5.64. The van der Waals surface area contributed by atoms with Crippen molar-refractivity contribution < 1.29 is 19.4 Å². The van der Waals surface area contributed by atoms with Gasteiger partial charge in [-0.15, -0.1) is 0 Å². The Hall–Kier alpha value is -1.68. The molecule has 0 unspecified atom stereocenters. The van der Waals surface area contributed by atoms with Crippen molar-refractivity contribution in [2.45, 2.75) is 18.8 Å². The van der Waals surface area contributed by atoms with Crippen LogP contribution in [-0.2, 0) is 9.53 Å². The highest BCUT2D eigenvalue weighted by Gasteiger charge is 2.19. The third-order valence-electron chi connectivity index (χ3n) is 3.04. The molecule has 0 aromatic heterocycles. The Morgan fingerprint density at radius 2 is 1.94 bits per heavy atom. The van der Waals surface area contributed by atoms with Gasteiger partial charge in [0.15, 0.2) is 0 Å². The minimum atomic E-state index is -1.41. The molecule has 0 radical (unpaired) electrons. The third kappa shape index (κ3) is 2.71. The van der Waals surface area contributed by atoms with Crippen LogP contribution < -0.4 is 0 Å². The van der Waals surface area contributed by atoms with Gasteiger partial charge in [0.2, 0.25) is 0 Å². The molecule has 0 bridgehead atoms. The first kappa shape index (κ1) is 11.8. The monoisotopic (exact) mass is 234 g/mol. The average molecular weight is 234 g/mol. The van der Waals surface area contributed by atoms with Gasteiger partial charge in [-0.2, -0.15) is 0 Å². The summed E-state index contributed by atoms with van der Waals surface area (Å²) in [6, 6.07) is 6.90. The number of ketones is 1. The molecule has 0 saturated carbocycles. The summed E-state index contributed by atoms with van der Waals surface area (Å²) in [7, 11) is 0. The zero-order chi connectivity index (χ0) is 12.3. The van der Waals surface area contributed by atoms with Crippen LogP contribution in [0.25, 0.3) is 0 Å². The normalized spacial score (nSPS) is 16.7. The van der Waals surface area contributed by atoms with Crippen LogP contribution in [0, 0.1) is 0 Å². The number of carboxylic acid groups (broad SMARTS) is 1. The molecule has 1 aliphatic rings. The number of carbonyl (C=O) groups is 2. The van der Waals surface area contributed by atoms with Crippen molar-refractivity contribution in [3.8, 4) is 0 Å². The molecular weight excluding hydrogens is 220 g/mol. The number of Topliss-reactive ketones (excluding diaryl/α,β-unsaturated/α-hetero) is 1. The predicted molar refractivity (Wildman–Crippen MR) is 61.2 cm³/mol. The average Bonchev–Trinajstić information content (AvgIpc) is 2.39. The molecule has 1 aromatic rings. The van der Waals surface area contributed by atoms with Crippen LogP contribution >= 0.6 is 0 Å². The van der Waals surface area contributed by atoms with Crippen molar-refractivity contribution in [1.29, 1.82) is 0 Å². The molecule has 90 valence electrons. The Morgan fingerprint density at radius 1 is 1.24 bits per heavy atom. The number of ether oxygens (including phenoxy) is 1. The van der Waals surface area contributed by atoms with E-state index in [2.05, 4.69) is 0 Å². The van der Waals surface area contributed by atoms with Gasteiger partial charge < -0.3 is 9.84 Å². The van der Waals surface area contributed by atoms with Crippen LogP contribution in [0.15, 0.2) is 24.3 Å². The zero-order valence-electron chi connectivity index (χ0n) is 9.39. The lowest BCUT2D eigenvalue weighted by Crippen LogP contribution is -2.16. The van der Waals surface area contributed by atoms with E-state index in [9.17, 15) is 9.59 Å². The summed E-state index contributed by atoms with van der Waals surface area (Å²) in [5.41, 5.74) is 1.28. The molecule has 4 heteroatoms. The Balaban J connectivity index is 2.21. The predicted octanol–water partition coefficient (Wildman–Crippen LogP) is 1.85. The van der Waals surface area contributed by atoms with Crippen LogP contribution in [0.4, 0.5) is 0 Å². The van der Waals surface area contributed by atoms with Crippen LogP contribution in [0.5, 0.6) is 0 Å². The van der Waals surface area contributed by atoms with Gasteiger partial charge in [0.1, 0.15) is 0 Å². The summed E-state index contributed by atoms with van der Waals surface area (Å²) < 4.78 is 5.28. The first-order valence-electron chi connectivity index (χ1n) is 5.64. The highest BCUT2D eigenvalue weighted by atomic mass is 16.5. The highest BCUT2D eigenvalue weighted by Crippen LogP contribution is 2.27. The van der Waals surface area contributed by atoms with Crippen LogP contribution in [0.2, 0.25) is 0 Å². The molecule has 1 aliphatic heterocycles. The molecule has 4 nitrogen and oxygen atoms in total. The summed E-state index contributed by atoms with van der Waals surface area (Å²) in [5, 5.41) is 8.67. The van der Waals surface area contributed by atoms with Crippen molar-refractivity contribution in [1.82, 2.24) is 0 Å². The minimum absolute atomic E-state index is 0.251. The van der Waals surface area contributed by atoms with E-state index >= 15 is 0 Å². The SMILES string of the molecule is O=C(O)C(=O)c1cccc(C2CCOCC2)c1. The standard InChI is InChI=1S/C13H14O4/c14-12(13(15)16)11-3-1-2-10(8-11)9-4-6-17-7-5-9/h1-3,8-9H,4-7H2,(H,15,16). The van der Waals surface area contributed by atoms with Crippen molar-refractivity contribution in [2.75, 3.05) is 13.2 Å². The zero-order valence-corrected chi connectivity index (χ0v) is 9.39. The Morgan fingerprint density at radius 3 is 2.59 bits per heavy atom. The second-order valence-corrected chi connectivity index (χ2v) is 4.15. The fourth-order valence-corrected chi connectivity index (χ4v) is 2.09. The largest absolute Gasteiger partial charge is 0.475 e. The Labute approximate surface area is 99.2 Å². The lowest BCUT2D eigenvalue weighted by molar-refractivity contribution is -0.131. The van der Waals surface area contributed by atoms with Gasteiger partial charge in [-0.25, -0.2) is 4.79 Å². The van der Waals surface area contributed by atoms with Gasteiger partial charge in [0.25, 0.3) is 5.78 Å². The Kier molecular flexibility index (Phi) is 3.54. The van der Waals surface area contributed by atoms with Gasteiger partial charge in [-0.1, -0.05) is 18.2 Å². The molecule has 0 spiro atoms. The van der Waals surface area contributed by atoms with Crippen molar-refractivity contribution in [3.63, 3.8) is 0 Å². The van der Waals surface area contributed by atoms with Crippen molar-refractivity contribution >= 4 is 11.8 Å². The summed E-state index contributed by atoms with van der Waals surface area (Å²) in [6.45, 7) is 1.45. The molecule has 17 heavy (non-hydrogen) atoms. The second kappa shape index (κ2) is 5.10. The highest BCUT2D eigenvalue weighted by molar-refractivity contribution is 6.39. The molecule has 1 fully saturated rings. The molecule has 0 amide bonds. The van der Waals surface area contributed by atoms with Gasteiger partial charge in [0, 0.05) is 18.8 Å². The first-order chi connectivity index (χ1) is 8.18. The van der Waals surface area contributed by atoms with Gasteiger partial charge in [-0.3, -0.25) is 4.79 Å². The minimum Gasteiger partial charge on any atom is -0.475 e. The fraction of sp³-hybridized carbons (Fsp3) is 0.385. The number of carbonyl (C=O) groups excluding carboxylic acids is 1. The van der Waals surface area contributed by atoms with E-state index in [1.165, 1.54) is 0 Å². The molecule has 0 aliphatic carbocycles. The molecule has 1 aromatic carbocycles. The van der Waals surface area contributed by atoms with E-state index in [1.54, 1.807) is 18.2 Å².